The molecule has 2 aliphatic heterocycles. The first-order valence-corrected chi connectivity index (χ1v) is 8.79. The Morgan fingerprint density at radius 2 is 1.55 bits per heavy atom. The predicted molar refractivity (Wildman–Crippen MR) is 90.9 cm³/mol. The van der Waals surface area contributed by atoms with Crippen molar-refractivity contribution in [2.24, 2.45) is 11.8 Å². The van der Waals surface area contributed by atoms with Crippen LogP contribution in [0.2, 0.25) is 0 Å². The molecule has 2 bridgehead atoms. The number of hydrogen-bond donors (Lipinski definition) is 0. The molecule has 1 saturated carbocycles. The van der Waals surface area contributed by atoms with Gasteiger partial charge in [0.25, 0.3) is 0 Å². The first-order valence-electron chi connectivity index (χ1n) is 7.80. The molecule has 4 rings (SSSR count). The van der Waals surface area contributed by atoms with Gasteiger partial charge in [0.2, 0.25) is 0 Å². The number of hydrogen-bond acceptors (Lipinski definition) is 2. The van der Waals surface area contributed by atoms with Gasteiger partial charge < -0.3 is 4.90 Å². The Labute approximate surface area is 133 Å². The molecule has 0 amide bonds. The van der Waals surface area contributed by atoms with Crippen molar-refractivity contribution < 1.29 is 0 Å². The van der Waals surface area contributed by atoms with E-state index in [1.54, 1.807) is 0 Å². The van der Waals surface area contributed by atoms with E-state index in [1.807, 2.05) is 11.8 Å². The van der Waals surface area contributed by atoms with E-state index in [2.05, 4.69) is 35.2 Å². The summed E-state index contributed by atoms with van der Waals surface area (Å²) < 4.78 is 0. The normalized spacial score (nSPS) is 26.0. The molecule has 0 aromatic heterocycles. The second kappa shape index (κ2) is 8.31. The zero-order chi connectivity index (χ0) is 12.9. The largest absolute Gasteiger partial charge is 0.303 e. The lowest BCUT2D eigenvalue weighted by atomic mass is 9.84. The molecule has 0 radical (unpaired) electrons. The smallest absolute Gasteiger partial charge is 0.00719 e. The minimum Gasteiger partial charge on any atom is -0.303 e. The highest BCUT2D eigenvalue weighted by atomic mass is 35.5. The zero-order valence-electron chi connectivity index (χ0n) is 12.2. The number of halogens is 1. The highest BCUT2D eigenvalue weighted by molar-refractivity contribution is 7.99. The summed E-state index contributed by atoms with van der Waals surface area (Å²) in [7, 11) is 0. The summed E-state index contributed by atoms with van der Waals surface area (Å²) in [5.41, 5.74) is 0. The minimum absolute atomic E-state index is 0. The second-order valence-corrected chi connectivity index (χ2v) is 7.33. The molecular formula is C17H26ClNS. The first-order chi connectivity index (χ1) is 9.40. The average molecular weight is 312 g/mol. The van der Waals surface area contributed by atoms with Gasteiger partial charge in [-0.15, -0.1) is 24.2 Å². The molecule has 3 fully saturated rings. The van der Waals surface area contributed by atoms with Crippen LogP contribution in [0.5, 0.6) is 0 Å². The quantitative estimate of drug-likeness (QED) is 0.572. The van der Waals surface area contributed by atoms with Crippen molar-refractivity contribution in [2.45, 2.75) is 37.0 Å². The first kappa shape index (κ1) is 16.2. The topological polar surface area (TPSA) is 3.24 Å². The van der Waals surface area contributed by atoms with Gasteiger partial charge in [0.15, 0.2) is 0 Å². The maximum absolute atomic E-state index is 2.75. The highest BCUT2D eigenvalue weighted by Gasteiger charge is 2.28. The monoisotopic (exact) mass is 311 g/mol. The maximum atomic E-state index is 2.75. The Morgan fingerprint density at radius 1 is 0.950 bits per heavy atom. The van der Waals surface area contributed by atoms with Crippen LogP contribution in [0.4, 0.5) is 0 Å². The predicted octanol–water partition coefficient (Wildman–Crippen LogP) is 4.71. The lowest BCUT2D eigenvalue weighted by Gasteiger charge is -2.21. The molecule has 3 aliphatic rings. The van der Waals surface area contributed by atoms with E-state index in [9.17, 15) is 0 Å². The Balaban J connectivity index is 0.00000147. The van der Waals surface area contributed by atoms with Crippen LogP contribution in [0.1, 0.15) is 32.1 Å². The van der Waals surface area contributed by atoms with Crippen molar-refractivity contribution in [3.8, 4) is 0 Å². The third kappa shape index (κ3) is 4.68. The van der Waals surface area contributed by atoms with Gasteiger partial charge in [0.1, 0.15) is 0 Å². The molecule has 1 aliphatic carbocycles. The third-order valence-corrected chi connectivity index (χ3v) is 5.73. The summed E-state index contributed by atoms with van der Waals surface area (Å²) in [6.45, 7) is 4.08. The van der Waals surface area contributed by atoms with Crippen molar-refractivity contribution in [3.05, 3.63) is 30.3 Å². The summed E-state index contributed by atoms with van der Waals surface area (Å²) in [6.07, 6.45) is 7.33. The molecular weight excluding hydrogens is 286 g/mol. The molecule has 20 heavy (non-hydrogen) atoms. The lowest BCUT2D eigenvalue weighted by molar-refractivity contribution is 0.254. The Kier molecular flexibility index (Phi) is 6.73. The molecule has 0 unspecified atom stereocenters. The summed E-state index contributed by atoms with van der Waals surface area (Å²) >= 11 is 2.00. The average Bonchev–Trinajstić information content (AvgIpc) is 2.77. The third-order valence-electron chi connectivity index (χ3n) is 4.63. The van der Waals surface area contributed by atoms with E-state index in [1.165, 1.54) is 62.4 Å². The molecule has 2 heterocycles. The van der Waals surface area contributed by atoms with Crippen LogP contribution in [-0.2, 0) is 0 Å². The molecule has 3 heteroatoms. The Hall–Kier alpha value is -0.180. The van der Waals surface area contributed by atoms with Gasteiger partial charge in [0, 0.05) is 18.0 Å². The van der Waals surface area contributed by atoms with Crippen LogP contribution in [0.3, 0.4) is 0 Å². The maximum Gasteiger partial charge on any atom is 0.00719 e. The van der Waals surface area contributed by atoms with E-state index >= 15 is 0 Å². The van der Waals surface area contributed by atoms with Crippen LogP contribution in [0.15, 0.2) is 35.2 Å². The van der Waals surface area contributed by atoms with Gasteiger partial charge in [-0.2, -0.15) is 0 Å². The number of fused-ring (bicyclic) bond motifs is 4. The molecule has 1 nitrogen and oxygen atoms in total. The molecule has 0 spiro atoms. The van der Waals surface area contributed by atoms with Crippen LogP contribution >= 0.6 is 24.2 Å². The van der Waals surface area contributed by atoms with E-state index in [0.717, 1.165) is 11.8 Å². The number of nitrogens with zero attached hydrogens (tertiary/aromatic N) is 1. The van der Waals surface area contributed by atoms with Gasteiger partial charge in [-0.1, -0.05) is 18.2 Å². The van der Waals surface area contributed by atoms with Gasteiger partial charge in [-0.3, -0.25) is 0 Å². The fourth-order valence-corrected chi connectivity index (χ4v) is 4.44. The van der Waals surface area contributed by atoms with E-state index in [0.29, 0.717) is 0 Å². The zero-order valence-corrected chi connectivity index (χ0v) is 13.8. The summed E-state index contributed by atoms with van der Waals surface area (Å²) in [5, 5.41) is 0. The molecule has 0 atom stereocenters. The second-order valence-electron chi connectivity index (χ2n) is 6.16. The van der Waals surface area contributed by atoms with Crippen LogP contribution in [-0.4, -0.2) is 30.3 Å². The van der Waals surface area contributed by atoms with Gasteiger partial charge in [-0.25, -0.2) is 0 Å². The van der Waals surface area contributed by atoms with E-state index in [-0.39, 0.29) is 12.4 Å². The molecule has 1 aromatic carbocycles. The van der Waals surface area contributed by atoms with E-state index in [4.69, 9.17) is 0 Å². The van der Waals surface area contributed by atoms with Gasteiger partial charge in [0.05, 0.1) is 0 Å². The summed E-state index contributed by atoms with van der Waals surface area (Å²) in [5.74, 6) is 3.29. The molecule has 0 N–H and O–H groups in total. The number of benzene rings is 1. The molecule has 1 aromatic rings. The van der Waals surface area contributed by atoms with Crippen molar-refractivity contribution in [3.63, 3.8) is 0 Å². The number of thioether (sulfide) groups is 1. The SMILES string of the molecule is Cl.c1ccc(SCCCN2CC3CCC(CC3)C2)cc1. The lowest BCUT2D eigenvalue weighted by Crippen LogP contribution is -2.29. The van der Waals surface area contributed by atoms with Crippen molar-refractivity contribution in [2.75, 3.05) is 25.4 Å². The van der Waals surface area contributed by atoms with Crippen LogP contribution < -0.4 is 0 Å². The summed E-state index contributed by atoms with van der Waals surface area (Å²) in [4.78, 5) is 4.17. The Morgan fingerprint density at radius 3 is 2.15 bits per heavy atom. The standard InChI is InChI=1S/C17H25NS.ClH/c1-2-5-17(6-3-1)19-12-4-11-18-13-15-7-8-16(14-18)10-9-15;/h1-3,5-6,15-16H,4,7-14H2;1H. The van der Waals surface area contributed by atoms with Crippen molar-refractivity contribution >= 4 is 24.2 Å². The van der Waals surface area contributed by atoms with Gasteiger partial charge >= 0.3 is 0 Å². The van der Waals surface area contributed by atoms with Crippen molar-refractivity contribution in [1.82, 2.24) is 4.90 Å². The van der Waals surface area contributed by atoms with Crippen molar-refractivity contribution in [1.29, 1.82) is 0 Å². The summed E-state index contributed by atoms with van der Waals surface area (Å²) in [6, 6.07) is 10.8. The highest BCUT2D eigenvalue weighted by Crippen LogP contribution is 2.33. The minimum atomic E-state index is 0. The fraction of sp³-hybridized carbons (Fsp3) is 0.647. The molecule has 112 valence electrons. The molecule has 2 saturated heterocycles. The van der Waals surface area contributed by atoms with Crippen LogP contribution in [0, 0.1) is 11.8 Å². The van der Waals surface area contributed by atoms with E-state index < -0.39 is 0 Å². The Bertz CT molecular complexity index is 362. The van der Waals surface area contributed by atoms with Gasteiger partial charge in [-0.05, 0) is 68.4 Å². The van der Waals surface area contributed by atoms with Crippen LogP contribution in [0.25, 0.3) is 0 Å². The fourth-order valence-electron chi connectivity index (χ4n) is 3.58. The number of rotatable bonds is 5.